The van der Waals surface area contributed by atoms with Gasteiger partial charge >= 0.3 is 0 Å². The summed E-state index contributed by atoms with van der Waals surface area (Å²) in [5.74, 6) is 0.308. The van der Waals surface area contributed by atoms with Crippen molar-refractivity contribution in [2.75, 3.05) is 19.2 Å². The number of rotatable bonds is 3. The van der Waals surface area contributed by atoms with Crippen LogP contribution in [-0.2, 0) is 0 Å². The Hall–Kier alpha value is -3.06. The van der Waals surface area contributed by atoms with Gasteiger partial charge in [-0.15, -0.1) is 0 Å². The zero-order valence-corrected chi connectivity index (χ0v) is 12.3. The van der Waals surface area contributed by atoms with Gasteiger partial charge in [0.1, 0.15) is 0 Å². The van der Waals surface area contributed by atoms with Crippen LogP contribution in [-0.4, -0.2) is 35.9 Å². The van der Waals surface area contributed by atoms with Crippen LogP contribution in [0.5, 0.6) is 11.5 Å². The van der Waals surface area contributed by atoms with E-state index in [-0.39, 0.29) is 12.7 Å². The van der Waals surface area contributed by atoms with E-state index in [4.69, 9.17) is 14.7 Å². The first-order valence-corrected chi connectivity index (χ1v) is 6.82. The van der Waals surface area contributed by atoms with Crippen LogP contribution in [0.4, 0.5) is 5.69 Å². The molecule has 0 saturated carbocycles. The van der Waals surface area contributed by atoms with Crippen LogP contribution in [0.25, 0.3) is 0 Å². The van der Waals surface area contributed by atoms with Gasteiger partial charge in [0.25, 0.3) is 11.8 Å². The van der Waals surface area contributed by atoms with Gasteiger partial charge in [-0.2, -0.15) is 0 Å². The average molecular weight is 314 g/mol. The number of nitrogens with one attached hydrogen (secondary N) is 1. The maximum atomic E-state index is 12.2. The van der Waals surface area contributed by atoms with Gasteiger partial charge < -0.3 is 14.8 Å². The summed E-state index contributed by atoms with van der Waals surface area (Å²) in [6.07, 6.45) is 0. The maximum Gasteiger partial charge on any atom is 0.276 e. The van der Waals surface area contributed by atoms with E-state index in [1.54, 1.807) is 30.3 Å². The Morgan fingerprint density at radius 3 is 2.39 bits per heavy atom. The lowest BCUT2D eigenvalue weighted by Gasteiger charge is -2.09. The Balaban J connectivity index is 1.71. The van der Waals surface area contributed by atoms with E-state index < -0.39 is 5.91 Å². The molecule has 2 aromatic rings. The van der Waals surface area contributed by atoms with E-state index in [9.17, 15) is 9.59 Å². The molecule has 118 valence electrons. The topological polar surface area (TPSA) is 88.1 Å². The zero-order valence-electron chi connectivity index (χ0n) is 12.3. The minimum Gasteiger partial charge on any atom is -0.454 e. The maximum absolute atomic E-state index is 12.2. The number of carbonyl (C=O) groups is 2. The van der Waals surface area contributed by atoms with Gasteiger partial charge in [0.2, 0.25) is 6.79 Å². The van der Waals surface area contributed by atoms with Crippen molar-refractivity contribution in [2.24, 2.45) is 0 Å². The first-order valence-electron chi connectivity index (χ1n) is 6.82. The number of anilines is 1. The Morgan fingerprint density at radius 2 is 1.70 bits per heavy atom. The minimum atomic E-state index is -0.529. The molecule has 0 aromatic heterocycles. The molecule has 7 heteroatoms. The summed E-state index contributed by atoms with van der Waals surface area (Å²) >= 11 is 0. The molecule has 3 rings (SSSR count). The zero-order chi connectivity index (χ0) is 16.4. The number of hydrogen-bond acceptors (Lipinski definition) is 5. The van der Waals surface area contributed by atoms with Gasteiger partial charge in [0.15, 0.2) is 11.5 Å². The summed E-state index contributed by atoms with van der Waals surface area (Å²) in [7, 11) is 1.25. The number of ether oxygens (including phenoxy) is 2. The standard InChI is InChI=1S/C16H14N2O5/c1-18(21)16(20)10-2-5-12(6-3-10)17-15(19)11-4-7-13-14(8-11)23-9-22-13/h2-8,21H,9H2,1H3,(H,17,19). The van der Waals surface area contributed by atoms with E-state index in [0.29, 0.717) is 33.4 Å². The Kier molecular flexibility index (Phi) is 3.86. The lowest BCUT2D eigenvalue weighted by Crippen LogP contribution is -2.22. The molecule has 1 aliphatic rings. The summed E-state index contributed by atoms with van der Waals surface area (Å²) < 4.78 is 10.4. The molecule has 1 heterocycles. The number of nitrogens with zero attached hydrogens (tertiary/aromatic N) is 1. The second kappa shape index (κ2) is 5.98. The number of amides is 2. The molecular weight excluding hydrogens is 300 g/mol. The van der Waals surface area contributed by atoms with Gasteiger partial charge in [-0.05, 0) is 42.5 Å². The highest BCUT2D eigenvalue weighted by Crippen LogP contribution is 2.32. The third kappa shape index (κ3) is 3.09. The molecule has 23 heavy (non-hydrogen) atoms. The van der Waals surface area contributed by atoms with Crippen LogP contribution in [0.15, 0.2) is 42.5 Å². The third-order valence-corrected chi connectivity index (χ3v) is 3.32. The monoisotopic (exact) mass is 314 g/mol. The molecule has 0 saturated heterocycles. The molecule has 0 radical (unpaired) electrons. The molecule has 1 aliphatic heterocycles. The molecule has 2 amide bonds. The first kappa shape index (κ1) is 14.9. The van der Waals surface area contributed by atoms with Crippen LogP contribution in [0.1, 0.15) is 20.7 Å². The highest BCUT2D eigenvalue weighted by molar-refractivity contribution is 6.05. The van der Waals surface area contributed by atoms with Crippen molar-refractivity contribution >= 4 is 17.5 Å². The molecule has 2 aromatic carbocycles. The second-order valence-corrected chi connectivity index (χ2v) is 4.93. The lowest BCUT2D eigenvalue weighted by atomic mass is 10.1. The van der Waals surface area contributed by atoms with Crippen LogP contribution in [0.2, 0.25) is 0 Å². The highest BCUT2D eigenvalue weighted by atomic mass is 16.7. The molecule has 7 nitrogen and oxygen atoms in total. The van der Waals surface area contributed by atoms with Crippen molar-refractivity contribution in [3.63, 3.8) is 0 Å². The molecule has 0 aliphatic carbocycles. The summed E-state index contributed by atoms with van der Waals surface area (Å²) in [5.41, 5.74) is 1.28. The predicted molar refractivity (Wildman–Crippen MR) is 80.8 cm³/mol. The minimum absolute atomic E-state index is 0.148. The second-order valence-electron chi connectivity index (χ2n) is 4.93. The Labute approximate surface area is 132 Å². The summed E-state index contributed by atoms with van der Waals surface area (Å²) in [6.45, 7) is 0.148. The quantitative estimate of drug-likeness (QED) is 0.669. The fraction of sp³-hybridized carbons (Fsp3) is 0.125. The summed E-state index contributed by atoms with van der Waals surface area (Å²) in [4.78, 5) is 23.8. The van der Waals surface area contributed by atoms with Crippen molar-refractivity contribution in [3.05, 3.63) is 53.6 Å². The average Bonchev–Trinajstić information content (AvgIpc) is 3.02. The molecule has 0 bridgehead atoms. The molecule has 0 fully saturated rings. The fourth-order valence-electron chi connectivity index (χ4n) is 2.12. The lowest BCUT2D eigenvalue weighted by molar-refractivity contribution is -0.0374. The van der Waals surface area contributed by atoms with E-state index in [2.05, 4.69) is 5.32 Å². The highest BCUT2D eigenvalue weighted by Gasteiger charge is 2.16. The van der Waals surface area contributed by atoms with Crippen molar-refractivity contribution < 1.29 is 24.3 Å². The van der Waals surface area contributed by atoms with Gasteiger partial charge in [-0.25, -0.2) is 5.06 Å². The van der Waals surface area contributed by atoms with Crippen LogP contribution >= 0.6 is 0 Å². The molecule has 0 spiro atoms. The number of carbonyl (C=O) groups excluding carboxylic acids is 2. The summed E-state index contributed by atoms with van der Waals surface area (Å²) in [6, 6.07) is 11.1. The van der Waals surface area contributed by atoms with Crippen LogP contribution in [0.3, 0.4) is 0 Å². The molecular formula is C16H14N2O5. The number of hydrogen-bond donors (Lipinski definition) is 2. The number of fused-ring (bicyclic) bond motifs is 1. The van der Waals surface area contributed by atoms with Crippen molar-refractivity contribution in [1.82, 2.24) is 5.06 Å². The van der Waals surface area contributed by atoms with Gasteiger partial charge in [-0.1, -0.05) is 0 Å². The summed E-state index contributed by atoms with van der Waals surface area (Å²) in [5, 5.41) is 12.3. The normalized spacial score (nSPS) is 11.9. The predicted octanol–water partition coefficient (Wildman–Crippen LogP) is 2.13. The van der Waals surface area contributed by atoms with Crippen LogP contribution < -0.4 is 14.8 Å². The largest absolute Gasteiger partial charge is 0.454 e. The van der Waals surface area contributed by atoms with Crippen LogP contribution in [0, 0.1) is 0 Å². The van der Waals surface area contributed by atoms with Crippen molar-refractivity contribution in [1.29, 1.82) is 0 Å². The number of hydroxylamine groups is 2. The molecule has 0 atom stereocenters. The van der Waals surface area contributed by atoms with E-state index in [0.717, 1.165) is 0 Å². The molecule has 2 N–H and O–H groups in total. The van der Waals surface area contributed by atoms with Crippen molar-refractivity contribution in [2.45, 2.75) is 0 Å². The van der Waals surface area contributed by atoms with E-state index >= 15 is 0 Å². The Morgan fingerprint density at radius 1 is 1.04 bits per heavy atom. The van der Waals surface area contributed by atoms with Gasteiger partial charge in [0, 0.05) is 23.9 Å². The van der Waals surface area contributed by atoms with Crippen molar-refractivity contribution in [3.8, 4) is 11.5 Å². The molecule has 0 unspecified atom stereocenters. The Bertz CT molecular complexity index is 756. The number of benzene rings is 2. The van der Waals surface area contributed by atoms with Gasteiger partial charge in [0.05, 0.1) is 0 Å². The first-order chi connectivity index (χ1) is 11.0. The fourth-order valence-corrected chi connectivity index (χ4v) is 2.12. The van der Waals surface area contributed by atoms with E-state index in [1.807, 2.05) is 0 Å². The van der Waals surface area contributed by atoms with Gasteiger partial charge in [-0.3, -0.25) is 14.8 Å². The SMILES string of the molecule is CN(O)C(=O)c1ccc(NC(=O)c2ccc3c(c2)OCO3)cc1. The van der Waals surface area contributed by atoms with E-state index in [1.165, 1.54) is 19.2 Å². The smallest absolute Gasteiger partial charge is 0.276 e. The third-order valence-electron chi connectivity index (χ3n) is 3.32.